The van der Waals surface area contributed by atoms with E-state index in [0.717, 1.165) is 19.6 Å². The number of likely N-dealkylation sites (N-methyl/N-ethyl adjacent to an activating group) is 1. The molecule has 1 atom stereocenters. The Morgan fingerprint density at radius 1 is 1.62 bits per heavy atom. The Morgan fingerprint density at radius 2 is 2.38 bits per heavy atom. The maximum absolute atomic E-state index is 4.27. The number of rotatable bonds is 0. The Morgan fingerprint density at radius 3 is 2.75 bits per heavy atom. The fourth-order valence-electron chi connectivity index (χ4n) is 0.866. The zero-order valence-corrected chi connectivity index (χ0v) is 5.59. The van der Waals surface area contributed by atoms with E-state index in [0.29, 0.717) is 6.04 Å². The summed E-state index contributed by atoms with van der Waals surface area (Å²) in [6, 6.07) is 0.670. The largest absolute Gasteiger partial charge is 0.301 e. The molecule has 1 radical (unpaired) electrons. The van der Waals surface area contributed by atoms with Gasteiger partial charge in [-0.25, -0.2) is 5.32 Å². The van der Waals surface area contributed by atoms with Crippen molar-refractivity contribution in [3.8, 4) is 0 Å². The van der Waals surface area contributed by atoms with Crippen molar-refractivity contribution in [1.82, 2.24) is 10.2 Å². The van der Waals surface area contributed by atoms with Crippen molar-refractivity contribution in [2.24, 2.45) is 0 Å². The van der Waals surface area contributed by atoms with Crippen LogP contribution in [-0.4, -0.2) is 37.6 Å². The van der Waals surface area contributed by atoms with E-state index in [1.807, 2.05) is 0 Å². The molecule has 0 aromatic rings. The van der Waals surface area contributed by atoms with Gasteiger partial charge < -0.3 is 4.90 Å². The molecule has 1 heterocycles. The SMILES string of the molecule is C[C@H]1C[N]CCN1C. The summed E-state index contributed by atoms with van der Waals surface area (Å²) in [5.74, 6) is 0. The lowest BCUT2D eigenvalue weighted by atomic mass is 10.2. The average molecular weight is 113 g/mol. The van der Waals surface area contributed by atoms with Crippen LogP contribution in [0.4, 0.5) is 0 Å². The van der Waals surface area contributed by atoms with Gasteiger partial charge in [0.1, 0.15) is 0 Å². The molecule has 0 aliphatic carbocycles. The van der Waals surface area contributed by atoms with Crippen molar-refractivity contribution in [1.29, 1.82) is 0 Å². The minimum atomic E-state index is 0.670. The molecule has 2 heteroatoms. The molecule has 1 aliphatic rings. The highest BCUT2D eigenvalue weighted by Gasteiger charge is 2.12. The maximum Gasteiger partial charge on any atom is 0.0287 e. The second kappa shape index (κ2) is 2.46. The van der Waals surface area contributed by atoms with Crippen LogP contribution in [0.3, 0.4) is 0 Å². The quantitative estimate of drug-likeness (QED) is 0.429. The number of nitrogens with zero attached hydrogens (tertiary/aromatic N) is 2. The van der Waals surface area contributed by atoms with Gasteiger partial charge in [0, 0.05) is 25.7 Å². The van der Waals surface area contributed by atoms with E-state index in [9.17, 15) is 0 Å². The predicted octanol–water partition coefficient (Wildman–Crippen LogP) is -0.0753. The third-order valence-electron chi connectivity index (χ3n) is 1.76. The maximum atomic E-state index is 4.27. The normalized spacial score (nSPS) is 33.0. The Hall–Kier alpha value is -0.0800. The van der Waals surface area contributed by atoms with Crippen molar-refractivity contribution in [2.75, 3.05) is 26.7 Å². The number of piperazine rings is 1. The van der Waals surface area contributed by atoms with Gasteiger partial charge in [-0.2, -0.15) is 0 Å². The number of hydrogen-bond donors (Lipinski definition) is 0. The molecule has 0 bridgehead atoms. The molecule has 2 nitrogen and oxygen atoms in total. The standard InChI is InChI=1S/C6H13N2/c1-6-5-7-3-4-8(6)2/h6H,3-5H2,1-2H3/t6-/m0/s1. The molecule has 0 spiro atoms. The minimum absolute atomic E-state index is 0.670. The molecule has 8 heavy (non-hydrogen) atoms. The van der Waals surface area contributed by atoms with E-state index < -0.39 is 0 Å². The summed E-state index contributed by atoms with van der Waals surface area (Å²) in [5, 5.41) is 4.27. The fourth-order valence-corrected chi connectivity index (χ4v) is 0.866. The van der Waals surface area contributed by atoms with E-state index in [4.69, 9.17) is 0 Å². The van der Waals surface area contributed by atoms with Crippen LogP contribution in [0.1, 0.15) is 6.92 Å². The topological polar surface area (TPSA) is 17.3 Å². The Labute approximate surface area is 50.9 Å². The first-order valence-corrected chi connectivity index (χ1v) is 3.14. The first kappa shape index (κ1) is 6.05. The predicted molar refractivity (Wildman–Crippen MR) is 34.0 cm³/mol. The van der Waals surface area contributed by atoms with Gasteiger partial charge in [0.15, 0.2) is 0 Å². The van der Waals surface area contributed by atoms with E-state index in [1.165, 1.54) is 0 Å². The second-order valence-corrected chi connectivity index (χ2v) is 2.46. The van der Waals surface area contributed by atoms with Crippen LogP contribution in [-0.2, 0) is 0 Å². The van der Waals surface area contributed by atoms with Crippen LogP contribution >= 0.6 is 0 Å². The second-order valence-electron chi connectivity index (χ2n) is 2.46. The molecule has 0 aromatic carbocycles. The summed E-state index contributed by atoms with van der Waals surface area (Å²) in [4.78, 5) is 2.34. The van der Waals surface area contributed by atoms with E-state index in [2.05, 4.69) is 24.2 Å². The van der Waals surface area contributed by atoms with Crippen LogP contribution < -0.4 is 5.32 Å². The molecular weight excluding hydrogens is 100 g/mol. The Balaban J connectivity index is 2.28. The molecule has 0 saturated carbocycles. The third-order valence-corrected chi connectivity index (χ3v) is 1.76. The van der Waals surface area contributed by atoms with Gasteiger partial charge in [-0.05, 0) is 14.0 Å². The third kappa shape index (κ3) is 1.20. The summed E-state index contributed by atoms with van der Waals surface area (Å²) in [6.07, 6.45) is 0. The van der Waals surface area contributed by atoms with Gasteiger partial charge >= 0.3 is 0 Å². The molecule has 1 aliphatic heterocycles. The summed E-state index contributed by atoms with van der Waals surface area (Å²) in [5.41, 5.74) is 0. The molecule has 0 unspecified atom stereocenters. The van der Waals surface area contributed by atoms with Gasteiger partial charge in [0.2, 0.25) is 0 Å². The van der Waals surface area contributed by atoms with E-state index in [-0.39, 0.29) is 0 Å². The van der Waals surface area contributed by atoms with Gasteiger partial charge in [0.25, 0.3) is 0 Å². The molecule has 0 amide bonds. The molecule has 1 saturated heterocycles. The highest BCUT2D eigenvalue weighted by Crippen LogP contribution is 1.97. The van der Waals surface area contributed by atoms with Crippen LogP contribution in [0.5, 0.6) is 0 Å². The van der Waals surface area contributed by atoms with Gasteiger partial charge in [0.05, 0.1) is 0 Å². The Kier molecular flexibility index (Phi) is 1.86. The zero-order valence-electron chi connectivity index (χ0n) is 5.59. The highest BCUT2D eigenvalue weighted by atomic mass is 15.2. The van der Waals surface area contributed by atoms with Gasteiger partial charge in [-0.1, -0.05) is 0 Å². The van der Waals surface area contributed by atoms with Crippen LogP contribution in [0.15, 0.2) is 0 Å². The van der Waals surface area contributed by atoms with E-state index in [1.54, 1.807) is 0 Å². The first-order valence-electron chi connectivity index (χ1n) is 3.14. The summed E-state index contributed by atoms with van der Waals surface area (Å²) < 4.78 is 0. The molecule has 0 aromatic heterocycles. The van der Waals surface area contributed by atoms with Crippen LogP contribution in [0.2, 0.25) is 0 Å². The molecule has 1 fully saturated rings. The lowest BCUT2D eigenvalue weighted by Crippen LogP contribution is -2.44. The minimum Gasteiger partial charge on any atom is -0.301 e. The summed E-state index contributed by atoms with van der Waals surface area (Å²) in [7, 11) is 2.15. The lowest BCUT2D eigenvalue weighted by molar-refractivity contribution is 0.212. The van der Waals surface area contributed by atoms with Crippen molar-refractivity contribution in [3.63, 3.8) is 0 Å². The van der Waals surface area contributed by atoms with Gasteiger partial charge in [-0.15, -0.1) is 0 Å². The van der Waals surface area contributed by atoms with Gasteiger partial charge in [-0.3, -0.25) is 0 Å². The monoisotopic (exact) mass is 113 g/mol. The highest BCUT2D eigenvalue weighted by molar-refractivity contribution is 4.71. The average Bonchev–Trinajstić information content (AvgIpc) is 1.77. The molecular formula is C6H13N2. The van der Waals surface area contributed by atoms with Crippen molar-refractivity contribution in [3.05, 3.63) is 0 Å². The molecule has 1 rings (SSSR count). The van der Waals surface area contributed by atoms with Crippen molar-refractivity contribution < 1.29 is 0 Å². The fraction of sp³-hybridized carbons (Fsp3) is 1.00. The summed E-state index contributed by atoms with van der Waals surface area (Å²) in [6.45, 7) is 5.40. The van der Waals surface area contributed by atoms with Crippen LogP contribution in [0.25, 0.3) is 0 Å². The summed E-state index contributed by atoms with van der Waals surface area (Å²) >= 11 is 0. The van der Waals surface area contributed by atoms with E-state index >= 15 is 0 Å². The molecule has 0 N–H and O–H groups in total. The molecule has 47 valence electrons. The zero-order chi connectivity index (χ0) is 5.98. The Bertz CT molecular complexity index is 62.9. The number of hydrogen-bond acceptors (Lipinski definition) is 1. The van der Waals surface area contributed by atoms with Crippen molar-refractivity contribution in [2.45, 2.75) is 13.0 Å². The van der Waals surface area contributed by atoms with Crippen molar-refractivity contribution >= 4 is 0 Å². The first-order chi connectivity index (χ1) is 3.80. The van der Waals surface area contributed by atoms with Crippen LogP contribution in [0, 0.1) is 0 Å². The lowest BCUT2D eigenvalue weighted by Gasteiger charge is -2.28. The smallest absolute Gasteiger partial charge is 0.0287 e.